The van der Waals surface area contributed by atoms with Crippen LogP contribution in [0.25, 0.3) is 0 Å². The van der Waals surface area contributed by atoms with Gasteiger partial charge in [0.2, 0.25) is 0 Å². The highest BCUT2D eigenvalue weighted by molar-refractivity contribution is 6.30. The van der Waals surface area contributed by atoms with Crippen LogP contribution in [-0.2, 0) is 5.60 Å². The molecule has 3 heteroatoms. The Bertz CT molecular complexity index is 286. The largest absolute Gasteiger partial charge is 0.384 e. The van der Waals surface area contributed by atoms with Crippen LogP contribution in [-0.4, -0.2) is 18.7 Å². The molecular formula is C10H14ClNO. The van der Waals surface area contributed by atoms with Gasteiger partial charge in [0.05, 0.1) is 5.60 Å². The van der Waals surface area contributed by atoms with Gasteiger partial charge in [0.15, 0.2) is 0 Å². The standard InChI is InChI=1S/C10H14ClNO/c1-10(13,7-12-2)8-4-3-5-9(11)6-8/h3-6,12-13H,7H2,1-2H3. The van der Waals surface area contributed by atoms with Crippen molar-refractivity contribution in [3.63, 3.8) is 0 Å². The SMILES string of the molecule is CNCC(C)(O)c1cccc(Cl)c1. The monoisotopic (exact) mass is 199 g/mol. The Morgan fingerprint density at radius 1 is 1.54 bits per heavy atom. The summed E-state index contributed by atoms with van der Waals surface area (Å²) in [5.74, 6) is 0. The summed E-state index contributed by atoms with van der Waals surface area (Å²) < 4.78 is 0. The lowest BCUT2D eigenvalue weighted by atomic mass is 9.96. The number of nitrogens with one attached hydrogen (secondary N) is 1. The molecule has 0 amide bonds. The van der Waals surface area contributed by atoms with Gasteiger partial charge in [0.25, 0.3) is 0 Å². The third-order valence-electron chi connectivity index (χ3n) is 1.97. The zero-order valence-electron chi connectivity index (χ0n) is 7.84. The zero-order valence-corrected chi connectivity index (χ0v) is 8.60. The highest BCUT2D eigenvalue weighted by atomic mass is 35.5. The molecule has 0 aromatic heterocycles. The van der Waals surface area contributed by atoms with E-state index in [4.69, 9.17) is 11.6 Å². The lowest BCUT2D eigenvalue weighted by Crippen LogP contribution is -2.33. The summed E-state index contributed by atoms with van der Waals surface area (Å²) in [4.78, 5) is 0. The highest BCUT2D eigenvalue weighted by Crippen LogP contribution is 2.22. The molecule has 1 aromatic carbocycles. The summed E-state index contributed by atoms with van der Waals surface area (Å²) in [7, 11) is 1.80. The fraction of sp³-hybridized carbons (Fsp3) is 0.400. The third kappa shape index (κ3) is 2.69. The van der Waals surface area contributed by atoms with Crippen molar-refractivity contribution in [2.24, 2.45) is 0 Å². The molecule has 1 unspecified atom stereocenters. The van der Waals surface area contributed by atoms with Crippen LogP contribution in [0.4, 0.5) is 0 Å². The Kier molecular flexibility index (Phi) is 3.31. The maximum atomic E-state index is 9.99. The van der Waals surface area contributed by atoms with Gasteiger partial charge >= 0.3 is 0 Å². The minimum atomic E-state index is -0.861. The summed E-state index contributed by atoms with van der Waals surface area (Å²) in [6, 6.07) is 7.27. The number of rotatable bonds is 3. The van der Waals surface area contributed by atoms with Gasteiger partial charge in [-0.1, -0.05) is 23.7 Å². The minimum Gasteiger partial charge on any atom is -0.384 e. The second-order valence-electron chi connectivity index (χ2n) is 3.31. The molecule has 0 aliphatic heterocycles. The quantitative estimate of drug-likeness (QED) is 0.778. The van der Waals surface area contributed by atoms with Crippen LogP contribution in [0.5, 0.6) is 0 Å². The number of hydrogen-bond donors (Lipinski definition) is 2. The summed E-state index contributed by atoms with van der Waals surface area (Å²) >= 11 is 5.82. The van der Waals surface area contributed by atoms with E-state index in [0.29, 0.717) is 11.6 Å². The molecule has 1 atom stereocenters. The second-order valence-corrected chi connectivity index (χ2v) is 3.75. The van der Waals surface area contributed by atoms with E-state index in [1.165, 1.54) is 0 Å². The van der Waals surface area contributed by atoms with E-state index in [0.717, 1.165) is 5.56 Å². The molecule has 1 aromatic rings. The first-order valence-electron chi connectivity index (χ1n) is 4.19. The Morgan fingerprint density at radius 2 is 2.23 bits per heavy atom. The zero-order chi connectivity index (χ0) is 9.90. The molecule has 13 heavy (non-hydrogen) atoms. The summed E-state index contributed by atoms with van der Waals surface area (Å²) in [5, 5.41) is 13.6. The van der Waals surface area contributed by atoms with Crippen LogP contribution < -0.4 is 5.32 Å². The highest BCUT2D eigenvalue weighted by Gasteiger charge is 2.21. The Labute approximate surface area is 83.5 Å². The number of aliphatic hydroxyl groups is 1. The van der Waals surface area contributed by atoms with E-state index in [1.54, 1.807) is 26.1 Å². The molecule has 0 aliphatic rings. The molecule has 2 N–H and O–H groups in total. The van der Waals surface area contributed by atoms with Crippen LogP contribution in [0.15, 0.2) is 24.3 Å². The van der Waals surface area contributed by atoms with Gasteiger partial charge in [-0.15, -0.1) is 0 Å². The molecule has 0 bridgehead atoms. The first kappa shape index (κ1) is 10.5. The van der Waals surface area contributed by atoms with E-state index in [-0.39, 0.29) is 0 Å². The summed E-state index contributed by atoms with van der Waals surface area (Å²) in [6.07, 6.45) is 0. The Hall–Kier alpha value is -0.570. The van der Waals surface area contributed by atoms with Crippen molar-refractivity contribution >= 4 is 11.6 Å². The molecule has 1 rings (SSSR count). The molecule has 72 valence electrons. The summed E-state index contributed by atoms with van der Waals surface area (Å²) in [5.41, 5.74) is -0.0334. The van der Waals surface area contributed by atoms with Crippen molar-refractivity contribution in [3.05, 3.63) is 34.9 Å². The topological polar surface area (TPSA) is 32.3 Å². The first-order chi connectivity index (χ1) is 6.06. The molecule has 0 heterocycles. The third-order valence-corrected chi connectivity index (χ3v) is 2.20. The predicted octanol–water partition coefficient (Wildman–Crippen LogP) is 1.77. The number of hydrogen-bond acceptors (Lipinski definition) is 2. The van der Waals surface area contributed by atoms with Crippen molar-refractivity contribution in [3.8, 4) is 0 Å². The average molecular weight is 200 g/mol. The van der Waals surface area contributed by atoms with Crippen LogP contribution >= 0.6 is 11.6 Å². The van der Waals surface area contributed by atoms with Crippen LogP contribution in [0.1, 0.15) is 12.5 Å². The molecule has 0 saturated carbocycles. The van der Waals surface area contributed by atoms with Gasteiger partial charge in [0, 0.05) is 11.6 Å². The van der Waals surface area contributed by atoms with Crippen LogP contribution in [0, 0.1) is 0 Å². The van der Waals surface area contributed by atoms with Crippen molar-refractivity contribution in [2.45, 2.75) is 12.5 Å². The molecule has 0 spiro atoms. The van der Waals surface area contributed by atoms with Crippen LogP contribution in [0.2, 0.25) is 5.02 Å². The normalized spacial score (nSPS) is 15.4. The molecular weight excluding hydrogens is 186 g/mol. The van der Waals surface area contributed by atoms with Gasteiger partial charge in [0.1, 0.15) is 0 Å². The summed E-state index contributed by atoms with van der Waals surface area (Å²) in [6.45, 7) is 2.27. The maximum Gasteiger partial charge on any atom is 0.0992 e. The fourth-order valence-corrected chi connectivity index (χ4v) is 1.46. The van der Waals surface area contributed by atoms with E-state index >= 15 is 0 Å². The van der Waals surface area contributed by atoms with Crippen molar-refractivity contribution < 1.29 is 5.11 Å². The van der Waals surface area contributed by atoms with E-state index in [1.807, 2.05) is 12.1 Å². The molecule has 2 nitrogen and oxygen atoms in total. The van der Waals surface area contributed by atoms with Crippen LogP contribution in [0.3, 0.4) is 0 Å². The van der Waals surface area contributed by atoms with E-state index in [2.05, 4.69) is 5.32 Å². The van der Waals surface area contributed by atoms with Gasteiger partial charge in [-0.2, -0.15) is 0 Å². The first-order valence-corrected chi connectivity index (χ1v) is 4.57. The number of likely N-dealkylation sites (N-methyl/N-ethyl adjacent to an activating group) is 1. The Morgan fingerprint density at radius 3 is 2.77 bits per heavy atom. The Balaban J connectivity index is 2.93. The predicted molar refractivity (Wildman–Crippen MR) is 54.9 cm³/mol. The van der Waals surface area contributed by atoms with Crippen molar-refractivity contribution in [1.29, 1.82) is 0 Å². The molecule has 0 aliphatic carbocycles. The fourth-order valence-electron chi connectivity index (χ4n) is 1.27. The number of benzene rings is 1. The van der Waals surface area contributed by atoms with Gasteiger partial charge in [-0.3, -0.25) is 0 Å². The minimum absolute atomic E-state index is 0.507. The lowest BCUT2D eigenvalue weighted by molar-refractivity contribution is 0.0592. The average Bonchev–Trinajstić information content (AvgIpc) is 2.04. The van der Waals surface area contributed by atoms with Gasteiger partial charge < -0.3 is 10.4 Å². The molecule has 0 fully saturated rings. The van der Waals surface area contributed by atoms with Gasteiger partial charge in [-0.25, -0.2) is 0 Å². The van der Waals surface area contributed by atoms with Crippen molar-refractivity contribution in [1.82, 2.24) is 5.32 Å². The lowest BCUT2D eigenvalue weighted by Gasteiger charge is -2.23. The molecule has 0 radical (unpaired) electrons. The van der Waals surface area contributed by atoms with Crippen molar-refractivity contribution in [2.75, 3.05) is 13.6 Å². The van der Waals surface area contributed by atoms with Gasteiger partial charge in [-0.05, 0) is 31.7 Å². The smallest absolute Gasteiger partial charge is 0.0992 e. The van der Waals surface area contributed by atoms with E-state index < -0.39 is 5.60 Å². The molecule has 0 saturated heterocycles. The van der Waals surface area contributed by atoms with E-state index in [9.17, 15) is 5.11 Å². The second kappa shape index (κ2) is 4.09. The maximum absolute atomic E-state index is 9.99. The number of halogens is 1.